The van der Waals surface area contributed by atoms with Crippen molar-refractivity contribution in [2.75, 3.05) is 12.4 Å². The van der Waals surface area contributed by atoms with Crippen LogP contribution in [0.25, 0.3) is 0 Å². The lowest BCUT2D eigenvalue weighted by Crippen LogP contribution is -2.37. The minimum atomic E-state index is 0.159. The Kier molecular flexibility index (Phi) is 4.85. The summed E-state index contributed by atoms with van der Waals surface area (Å²) in [6.07, 6.45) is 4.01. The van der Waals surface area contributed by atoms with Crippen molar-refractivity contribution in [2.24, 2.45) is 11.8 Å². The largest absolute Gasteiger partial charge is 0.495 e. The van der Waals surface area contributed by atoms with E-state index in [1.165, 1.54) is 24.8 Å². The van der Waals surface area contributed by atoms with Gasteiger partial charge in [-0.05, 0) is 47.8 Å². The Labute approximate surface area is 130 Å². The van der Waals surface area contributed by atoms with Gasteiger partial charge in [-0.2, -0.15) is 0 Å². The van der Waals surface area contributed by atoms with Gasteiger partial charge >= 0.3 is 0 Å². The molecule has 0 saturated heterocycles. The van der Waals surface area contributed by atoms with E-state index in [0.29, 0.717) is 6.04 Å². The highest BCUT2D eigenvalue weighted by atomic mass is 16.5. The smallest absolute Gasteiger partial charge is 0.141 e. The second kappa shape index (κ2) is 6.29. The van der Waals surface area contributed by atoms with E-state index in [2.05, 4.69) is 58.1 Å². The van der Waals surface area contributed by atoms with Crippen LogP contribution in [0.1, 0.15) is 59.4 Å². The van der Waals surface area contributed by atoms with Crippen molar-refractivity contribution in [3.8, 4) is 5.75 Å². The van der Waals surface area contributed by atoms with Crippen LogP contribution in [-0.4, -0.2) is 13.2 Å². The van der Waals surface area contributed by atoms with E-state index in [9.17, 15) is 0 Å². The summed E-state index contributed by atoms with van der Waals surface area (Å²) >= 11 is 0. The van der Waals surface area contributed by atoms with Crippen molar-refractivity contribution in [1.29, 1.82) is 0 Å². The second-order valence-electron chi connectivity index (χ2n) is 7.72. The molecule has 0 radical (unpaired) electrons. The van der Waals surface area contributed by atoms with Crippen LogP contribution in [0.15, 0.2) is 18.2 Å². The average Bonchev–Trinajstić information content (AvgIpc) is 2.42. The monoisotopic (exact) mass is 289 g/mol. The summed E-state index contributed by atoms with van der Waals surface area (Å²) in [5.74, 6) is 2.39. The van der Waals surface area contributed by atoms with Crippen LogP contribution < -0.4 is 10.1 Å². The Morgan fingerprint density at radius 1 is 1.10 bits per heavy atom. The fraction of sp³-hybridized carbons (Fsp3) is 0.684. The second-order valence-corrected chi connectivity index (χ2v) is 7.72. The van der Waals surface area contributed by atoms with E-state index in [4.69, 9.17) is 4.74 Å². The molecule has 2 unspecified atom stereocenters. The minimum absolute atomic E-state index is 0.159. The Morgan fingerprint density at radius 2 is 1.71 bits per heavy atom. The molecular weight excluding hydrogens is 258 g/mol. The first-order chi connectivity index (χ1) is 9.82. The van der Waals surface area contributed by atoms with Crippen LogP contribution in [0.4, 0.5) is 5.69 Å². The standard InChI is InChI=1S/C19H31NO/c1-13-8-7-9-14(2)18(13)20-16-12-15(19(3,4)5)10-11-17(16)21-6/h10-14,18,20H,7-9H2,1-6H3. The molecule has 21 heavy (non-hydrogen) atoms. The van der Waals surface area contributed by atoms with E-state index in [1.807, 2.05) is 0 Å². The number of ether oxygens (including phenoxy) is 1. The van der Waals surface area contributed by atoms with Gasteiger partial charge < -0.3 is 10.1 Å². The van der Waals surface area contributed by atoms with Gasteiger partial charge in [-0.3, -0.25) is 0 Å². The molecule has 1 aromatic rings. The van der Waals surface area contributed by atoms with Gasteiger partial charge in [-0.25, -0.2) is 0 Å². The third-order valence-corrected chi connectivity index (χ3v) is 4.93. The molecule has 0 aromatic heterocycles. The van der Waals surface area contributed by atoms with E-state index >= 15 is 0 Å². The molecule has 0 spiro atoms. The minimum Gasteiger partial charge on any atom is -0.495 e. The predicted molar refractivity (Wildman–Crippen MR) is 91.3 cm³/mol. The molecule has 1 aliphatic rings. The lowest BCUT2D eigenvalue weighted by molar-refractivity contribution is 0.267. The van der Waals surface area contributed by atoms with Crippen LogP contribution >= 0.6 is 0 Å². The van der Waals surface area contributed by atoms with Gasteiger partial charge in [0.25, 0.3) is 0 Å². The van der Waals surface area contributed by atoms with Gasteiger partial charge in [0.1, 0.15) is 5.75 Å². The molecule has 1 saturated carbocycles. The van der Waals surface area contributed by atoms with Crippen molar-refractivity contribution < 1.29 is 4.74 Å². The first kappa shape index (κ1) is 16.2. The van der Waals surface area contributed by atoms with Crippen molar-refractivity contribution in [3.05, 3.63) is 23.8 Å². The SMILES string of the molecule is COc1ccc(C(C)(C)C)cc1NC1C(C)CCCC1C. The van der Waals surface area contributed by atoms with Crippen molar-refractivity contribution in [2.45, 2.75) is 65.3 Å². The number of hydrogen-bond donors (Lipinski definition) is 1. The number of hydrogen-bond acceptors (Lipinski definition) is 2. The lowest BCUT2D eigenvalue weighted by Gasteiger charge is -2.36. The third-order valence-electron chi connectivity index (χ3n) is 4.93. The Balaban J connectivity index is 2.28. The Morgan fingerprint density at radius 3 is 2.24 bits per heavy atom. The van der Waals surface area contributed by atoms with Crippen LogP contribution in [-0.2, 0) is 5.41 Å². The molecule has 0 bridgehead atoms. The molecule has 1 N–H and O–H groups in total. The summed E-state index contributed by atoms with van der Waals surface area (Å²) < 4.78 is 5.56. The molecule has 0 heterocycles. The molecule has 2 atom stereocenters. The molecule has 2 heteroatoms. The van der Waals surface area contributed by atoms with Gasteiger partial charge in [0.05, 0.1) is 12.8 Å². The Bertz CT molecular complexity index is 465. The first-order valence-electron chi connectivity index (χ1n) is 8.28. The average molecular weight is 289 g/mol. The van der Waals surface area contributed by atoms with Gasteiger partial charge in [0.15, 0.2) is 0 Å². The summed E-state index contributed by atoms with van der Waals surface area (Å²) in [6, 6.07) is 7.09. The molecule has 2 nitrogen and oxygen atoms in total. The van der Waals surface area contributed by atoms with Crippen LogP contribution in [0.3, 0.4) is 0 Å². The number of nitrogens with one attached hydrogen (secondary N) is 1. The van der Waals surface area contributed by atoms with E-state index in [0.717, 1.165) is 23.3 Å². The molecule has 1 aliphatic carbocycles. The zero-order valence-electron chi connectivity index (χ0n) is 14.5. The molecule has 118 valence electrons. The fourth-order valence-corrected chi connectivity index (χ4v) is 3.43. The first-order valence-corrected chi connectivity index (χ1v) is 8.28. The highest BCUT2D eigenvalue weighted by Crippen LogP contribution is 2.36. The van der Waals surface area contributed by atoms with E-state index in [-0.39, 0.29) is 5.41 Å². The van der Waals surface area contributed by atoms with Crippen molar-refractivity contribution >= 4 is 5.69 Å². The molecular formula is C19H31NO. The van der Waals surface area contributed by atoms with Gasteiger partial charge in [0.2, 0.25) is 0 Å². The number of methoxy groups -OCH3 is 1. The molecule has 1 aromatic carbocycles. The molecule has 0 aliphatic heterocycles. The van der Waals surface area contributed by atoms with Gasteiger partial charge in [-0.1, -0.05) is 47.1 Å². The fourth-order valence-electron chi connectivity index (χ4n) is 3.43. The molecule has 1 fully saturated rings. The van der Waals surface area contributed by atoms with Crippen molar-refractivity contribution in [3.63, 3.8) is 0 Å². The summed E-state index contributed by atoms with van der Waals surface area (Å²) in [4.78, 5) is 0. The summed E-state index contributed by atoms with van der Waals surface area (Å²) in [5.41, 5.74) is 2.66. The number of anilines is 1. The molecule has 2 rings (SSSR count). The maximum absolute atomic E-state index is 5.56. The highest BCUT2D eigenvalue weighted by molar-refractivity contribution is 5.59. The lowest BCUT2D eigenvalue weighted by atomic mass is 9.78. The van der Waals surface area contributed by atoms with Crippen molar-refractivity contribution in [1.82, 2.24) is 0 Å². The van der Waals surface area contributed by atoms with Crippen LogP contribution in [0, 0.1) is 11.8 Å². The number of benzene rings is 1. The zero-order valence-corrected chi connectivity index (χ0v) is 14.5. The summed E-state index contributed by atoms with van der Waals surface area (Å²) in [6.45, 7) is 11.5. The Hall–Kier alpha value is -1.18. The normalized spacial score (nSPS) is 26.5. The number of rotatable bonds is 3. The van der Waals surface area contributed by atoms with E-state index < -0.39 is 0 Å². The summed E-state index contributed by atoms with van der Waals surface area (Å²) in [5, 5.41) is 3.79. The zero-order chi connectivity index (χ0) is 15.6. The topological polar surface area (TPSA) is 21.3 Å². The van der Waals surface area contributed by atoms with Crippen LogP contribution in [0.5, 0.6) is 5.75 Å². The van der Waals surface area contributed by atoms with E-state index in [1.54, 1.807) is 7.11 Å². The quantitative estimate of drug-likeness (QED) is 0.822. The predicted octanol–water partition coefficient (Wildman–Crippen LogP) is 5.23. The van der Waals surface area contributed by atoms with Gasteiger partial charge in [0, 0.05) is 6.04 Å². The molecule has 0 amide bonds. The summed E-state index contributed by atoms with van der Waals surface area (Å²) in [7, 11) is 1.75. The van der Waals surface area contributed by atoms with Crippen LogP contribution in [0.2, 0.25) is 0 Å². The third kappa shape index (κ3) is 3.72. The highest BCUT2D eigenvalue weighted by Gasteiger charge is 2.28. The maximum atomic E-state index is 5.56. The van der Waals surface area contributed by atoms with Gasteiger partial charge in [-0.15, -0.1) is 0 Å². The maximum Gasteiger partial charge on any atom is 0.141 e.